The lowest BCUT2D eigenvalue weighted by Crippen LogP contribution is -2.34. The molecular weight excluding hydrogens is 283 g/mol. The molecule has 1 aromatic carbocycles. The molecule has 0 aliphatic heterocycles. The number of aliphatic hydroxyl groups excluding tert-OH is 1. The maximum Gasteiger partial charge on any atom is 0.242 e. The Bertz CT molecular complexity index is 559. The molecule has 0 aliphatic carbocycles. The van der Waals surface area contributed by atoms with Crippen molar-refractivity contribution < 1.29 is 17.9 Å². The predicted octanol–water partition coefficient (Wildman–Crippen LogP) is 1.48. The third-order valence-corrected chi connectivity index (χ3v) is 4.47. The first-order valence-electron chi connectivity index (χ1n) is 6.33. The van der Waals surface area contributed by atoms with E-state index in [2.05, 4.69) is 4.72 Å². The van der Waals surface area contributed by atoms with Crippen molar-refractivity contribution in [3.63, 3.8) is 0 Å². The van der Waals surface area contributed by atoms with Crippen LogP contribution in [0.5, 0.6) is 0 Å². The van der Waals surface area contributed by atoms with Crippen LogP contribution in [0.2, 0.25) is 0 Å². The van der Waals surface area contributed by atoms with Crippen LogP contribution in [0.3, 0.4) is 0 Å². The quantitative estimate of drug-likeness (QED) is 0.665. The number of hydrogen-bond donors (Lipinski definition) is 3. The molecule has 1 rings (SSSR count). The molecular formula is C13H21FN2O3S. The van der Waals surface area contributed by atoms with Crippen molar-refractivity contribution in [2.45, 2.75) is 31.6 Å². The largest absolute Gasteiger partial charge is 0.398 e. The molecule has 0 atom stereocenters. The summed E-state index contributed by atoms with van der Waals surface area (Å²) in [6, 6.07) is 3.23. The number of hydrogen-bond acceptors (Lipinski definition) is 4. The van der Waals surface area contributed by atoms with Gasteiger partial charge < -0.3 is 10.8 Å². The maximum absolute atomic E-state index is 13.1. The number of aliphatic hydroxyl groups is 1. The standard InChI is InChI=1S/C13H21FN2O3S/c1-13(2,6-3-7-17)9-16-20(18,19)12-8-10(14)4-5-11(12)15/h4-5,8,16-17H,3,6-7,9,15H2,1-2H3. The summed E-state index contributed by atoms with van der Waals surface area (Å²) in [6.07, 6.45) is 1.27. The van der Waals surface area contributed by atoms with Crippen LogP contribution in [0.15, 0.2) is 23.1 Å². The van der Waals surface area contributed by atoms with E-state index in [1.807, 2.05) is 13.8 Å². The van der Waals surface area contributed by atoms with Gasteiger partial charge in [0.1, 0.15) is 10.7 Å². The average molecular weight is 304 g/mol. The van der Waals surface area contributed by atoms with Crippen LogP contribution < -0.4 is 10.5 Å². The monoisotopic (exact) mass is 304 g/mol. The second-order valence-electron chi connectivity index (χ2n) is 5.50. The zero-order valence-corrected chi connectivity index (χ0v) is 12.5. The van der Waals surface area contributed by atoms with Crippen molar-refractivity contribution in [3.8, 4) is 0 Å². The Morgan fingerprint density at radius 1 is 1.40 bits per heavy atom. The molecule has 0 radical (unpaired) electrons. The number of sulfonamides is 1. The van der Waals surface area contributed by atoms with Crippen molar-refractivity contribution >= 4 is 15.7 Å². The molecule has 0 unspecified atom stereocenters. The Morgan fingerprint density at radius 2 is 2.05 bits per heavy atom. The van der Waals surface area contributed by atoms with Crippen molar-refractivity contribution in [1.82, 2.24) is 4.72 Å². The molecule has 0 heterocycles. The minimum Gasteiger partial charge on any atom is -0.398 e. The van der Waals surface area contributed by atoms with E-state index >= 15 is 0 Å². The third kappa shape index (κ3) is 4.73. The summed E-state index contributed by atoms with van der Waals surface area (Å²) in [7, 11) is -3.85. The number of anilines is 1. The van der Waals surface area contributed by atoms with Gasteiger partial charge in [0.15, 0.2) is 0 Å². The summed E-state index contributed by atoms with van der Waals surface area (Å²) < 4.78 is 39.8. The topological polar surface area (TPSA) is 92.4 Å². The Kier molecular flexibility index (Phi) is 5.50. The predicted molar refractivity (Wildman–Crippen MR) is 76.1 cm³/mol. The first kappa shape index (κ1) is 16.9. The van der Waals surface area contributed by atoms with Crippen molar-refractivity contribution in [2.24, 2.45) is 5.41 Å². The normalized spacial score (nSPS) is 12.6. The molecule has 0 amide bonds. The highest BCUT2D eigenvalue weighted by Gasteiger charge is 2.23. The molecule has 0 aromatic heterocycles. The molecule has 0 aliphatic rings. The van der Waals surface area contributed by atoms with Gasteiger partial charge in [0.2, 0.25) is 10.0 Å². The lowest BCUT2D eigenvalue weighted by molar-refractivity contribution is 0.242. The van der Waals surface area contributed by atoms with E-state index in [4.69, 9.17) is 10.8 Å². The van der Waals surface area contributed by atoms with E-state index in [1.54, 1.807) is 0 Å². The molecule has 0 fully saturated rings. The zero-order chi connectivity index (χ0) is 15.4. The average Bonchev–Trinajstić information content (AvgIpc) is 2.37. The van der Waals surface area contributed by atoms with Crippen LogP contribution in [0.25, 0.3) is 0 Å². The third-order valence-electron chi connectivity index (χ3n) is 3.02. The van der Waals surface area contributed by atoms with Gasteiger partial charge in [0.25, 0.3) is 0 Å². The number of halogens is 1. The van der Waals surface area contributed by atoms with Gasteiger partial charge in [0.05, 0.1) is 5.69 Å². The van der Waals surface area contributed by atoms with E-state index in [0.717, 1.165) is 12.1 Å². The smallest absolute Gasteiger partial charge is 0.242 e. The van der Waals surface area contributed by atoms with Gasteiger partial charge in [0, 0.05) is 13.2 Å². The fourth-order valence-electron chi connectivity index (χ4n) is 1.76. The molecule has 20 heavy (non-hydrogen) atoms. The maximum atomic E-state index is 13.1. The number of nitrogens with two attached hydrogens (primary N) is 1. The van der Waals surface area contributed by atoms with Crippen molar-refractivity contribution in [2.75, 3.05) is 18.9 Å². The Hall–Kier alpha value is -1.18. The number of nitrogen functional groups attached to an aromatic ring is 1. The highest BCUT2D eigenvalue weighted by molar-refractivity contribution is 7.89. The number of rotatable bonds is 7. The molecule has 0 spiro atoms. The highest BCUT2D eigenvalue weighted by Crippen LogP contribution is 2.23. The molecule has 4 N–H and O–H groups in total. The van der Waals surface area contributed by atoms with Crippen LogP contribution in [0.1, 0.15) is 26.7 Å². The van der Waals surface area contributed by atoms with Crippen molar-refractivity contribution in [1.29, 1.82) is 0 Å². The SMILES string of the molecule is CC(C)(CCCO)CNS(=O)(=O)c1cc(F)ccc1N. The Labute approximate surface area is 119 Å². The van der Waals surface area contributed by atoms with Crippen LogP contribution in [-0.2, 0) is 10.0 Å². The summed E-state index contributed by atoms with van der Waals surface area (Å²) >= 11 is 0. The fourth-order valence-corrected chi connectivity index (χ4v) is 3.14. The minimum atomic E-state index is -3.85. The van der Waals surface area contributed by atoms with Gasteiger partial charge in [-0.1, -0.05) is 13.8 Å². The molecule has 0 saturated heterocycles. The minimum absolute atomic E-state index is 0.00654. The van der Waals surface area contributed by atoms with Gasteiger partial charge in [-0.05, 0) is 36.5 Å². The fraction of sp³-hybridized carbons (Fsp3) is 0.538. The van der Waals surface area contributed by atoms with Crippen LogP contribution in [0.4, 0.5) is 10.1 Å². The van der Waals surface area contributed by atoms with Crippen LogP contribution >= 0.6 is 0 Å². The lowest BCUT2D eigenvalue weighted by Gasteiger charge is -2.24. The van der Waals surface area contributed by atoms with E-state index in [9.17, 15) is 12.8 Å². The molecule has 7 heteroatoms. The van der Waals surface area contributed by atoms with Gasteiger partial charge >= 0.3 is 0 Å². The number of benzene rings is 1. The second kappa shape index (κ2) is 6.51. The van der Waals surface area contributed by atoms with Crippen molar-refractivity contribution in [3.05, 3.63) is 24.0 Å². The van der Waals surface area contributed by atoms with E-state index < -0.39 is 15.8 Å². The Morgan fingerprint density at radius 3 is 2.65 bits per heavy atom. The summed E-state index contributed by atoms with van der Waals surface area (Å²) in [6.45, 7) is 4.03. The molecule has 0 bridgehead atoms. The summed E-state index contributed by atoms with van der Waals surface area (Å²) in [4.78, 5) is -0.254. The van der Waals surface area contributed by atoms with Gasteiger partial charge in [-0.3, -0.25) is 0 Å². The highest BCUT2D eigenvalue weighted by atomic mass is 32.2. The summed E-state index contributed by atoms with van der Waals surface area (Å²) in [5.41, 5.74) is 5.28. The zero-order valence-electron chi connectivity index (χ0n) is 11.7. The van der Waals surface area contributed by atoms with Crippen LogP contribution in [0, 0.1) is 11.2 Å². The molecule has 5 nitrogen and oxygen atoms in total. The van der Waals surface area contributed by atoms with Crippen LogP contribution in [-0.4, -0.2) is 26.7 Å². The van der Waals surface area contributed by atoms with E-state index in [1.165, 1.54) is 6.07 Å². The molecule has 0 saturated carbocycles. The van der Waals surface area contributed by atoms with Gasteiger partial charge in [-0.2, -0.15) is 0 Å². The first-order valence-corrected chi connectivity index (χ1v) is 7.82. The Balaban J connectivity index is 2.83. The molecule has 114 valence electrons. The van der Waals surface area contributed by atoms with Gasteiger partial charge in [-0.15, -0.1) is 0 Å². The molecule has 1 aromatic rings. The number of nitrogens with one attached hydrogen (secondary N) is 1. The summed E-state index contributed by atoms with van der Waals surface area (Å²) in [5, 5.41) is 8.81. The summed E-state index contributed by atoms with van der Waals surface area (Å²) in [5.74, 6) is -0.654. The van der Waals surface area contributed by atoms with Gasteiger partial charge in [-0.25, -0.2) is 17.5 Å². The van der Waals surface area contributed by atoms with E-state index in [-0.39, 0.29) is 29.1 Å². The van der Waals surface area contributed by atoms with E-state index in [0.29, 0.717) is 12.8 Å². The second-order valence-corrected chi connectivity index (χ2v) is 7.23. The lowest BCUT2D eigenvalue weighted by atomic mass is 9.88. The first-order chi connectivity index (χ1) is 9.18.